The van der Waals surface area contributed by atoms with Gasteiger partial charge in [0, 0.05) is 23.9 Å². The Labute approximate surface area is 146 Å². The minimum absolute atomic E-state index is 0.00779. The van der Waals surface area contributed by atoms with Gasteiger partial charge < -0.3 is 10.8 Å². The van der Waals surface area contributed by atoms with E-state index >= 15 is 0 Å². The summed E-state index contributed by atoms with van der Waals surface area (Å²) < 4.78 is 0. The number of nitrogens with zero attached hydrogens (tertiary/aromatic N) is 1. The zero-order valence-electron chi connectivity index (χ0n) is 14.2. The van der Waals surface area contributed by atoms with E-state index in [0.717, 1.165) is 0 Å². The highest BCUT2D eigenvalue weighted by Gasteiger charge is 2.60. The van der Waals surface area contributed by atoms with Crippen LogP contribution in [0.1, 0.15) is 59.7 Å². The molecule has 1 heterocycles. The quantitative estimate of drug-likeness (QED) is 0.749. The van der Waals surface area contributed by atoms with Crippen LogP contribution < -0.4 is 5.73 Å². The number of benzene rings is 1. The maximum absolute atomic E-state index is 12.7. The van der Waals surface area contributed by atoms with Crippen molar-refractivity contribution in [3.05, 3.63) is 35.4 Å². The molecule has 4 atom stereocenters. The van der Waals surface area contributed by atoms with Gasteiger partial charge in [0.1, 0.15) is 5.78 Å². The lowest BCUT2D eigenvalue weighted by molar-refractivity contribution is -0.161. The summed E-state index contributed by atoms with van der Waals surface area (Å²) in [6, 6.07) is 6.31. The lowest BCUT2D eigenvalue weighted by Gasteiger charge is -2.56. The first-order valence-corrected chi connectivity index (χ1v) is 8.79. The number of Topliss-reactive ketones (excluding diaryl/α,β-unsaturated/α-hetero) is 1. The van der Waals surface area contributed by atoms with E-state index in [0.29, 0.717) is 36.8 Å². The van der Waals surface area contributed by atoms with Crippen molar-refractivity contribution in [2.75, 3.05) is 0 Å². The number of hydrogen-bond donors (Lipinski definition) is 2. The molecule has 4 rings (SSSR count). The van der Waals surface area contributed by atoms with Crippen LogP contribution in [0.25, 0.3) is 0 Å². The molecular formula is C19H22N2O4. The van der Waals surface area contributed by atoms with Crippen molar-refractivity contribution < 1.29 is 19.5 Å². The highest BCUT2D eigenvalue weighted by Crippen LogP contribution is 2.48. The third kappa shape index (κ3) is 2.07. The molecule has 132 valence electrons. The summed E-state index contributed by atoms with van der Waals surface area (Å²) in [6.45, 7) is 1.70. The second kappa shape index (κ2) is 5.22. The van der Waals surface area contributed by atoms with E-state index in [1.54, 1.807) is 31.2 Å². The molecular weight excluding hydrogens is 320 g/mol. The van der Waals surface area contributed by atoms with Crippen molar-refractivity contribution in [2.45, 2.75) is 56.2 Å². The van der Waals surface area contributed by atoms with Crippen LogP contribution in [0.4, 0.5) is 0 Å². The normalized spacial score (nSPS) is 37.9. The van der Waals surface area contributed by atoms with Gasteiger partial charge in [0.15, 0.2) is 0 Å². The molecule has 0 saturated heterocycles. The van der Waals surface area contributed by atoms with Gasteiger partial charge in [-0.2, -0.15) is 0 Å². The average Bonchev–Trinajstić information content (AvgIpc) is 2.85. The van der Waals surface area contributed by atoms with E-state index in [-0.39, 0.29) is 24.0 Å². The lowest BCUT2D eigenvalue weighted by atomic mass is 9.56. The van der Waals surface area contributed by atoms with Crippen LogP contribution in [0.2, 0.25) is 0 Å². The van der Waals surface area contributed by atoms with Crippen LogP contribution in [0.3, 0.4) is 0 Å². The summed E-state index contributed by atoms with van der Waals surface area (Å²) in [6.07, 6.45) is 2.01. The zero-order valence-corrected chi connectivity index (χ0v) is 14.2. The van der Waals surface area contributed by atoms with Crippen molar-refractivity contribution in [3.8, 4) is 0 Å². The van der Waals surface area contributed by atoms with Crippen LogP contribution >= 0.6 is 0 Å². The Kier molecular flexibility index (Phi) is 3.43. The summed E-state index contributed by atoms with van der Waals surface area (Å²) in [5.74, 6) is -1.25. The molecule has 6 nitrogen and oxygen atoms in total. The van der Waals surface area contributed by atoms with E-state index in [1.807, 2.05) is 0 Å². The Hall–Kier alpha value is -2.05. The fourth-order valence-electron chi connectivity index (χ4n) is 4.84. The summed E-state index contributed by atoms with van der Waals surface area (Å²) >= 11 is 0. The molecule has 0 bridgehead atoms. The minimum Gasteiger partial charge on any atom is -0.387 e. The SMILES string of the molecule is C[C@H]1C(=O)CC[C@@]2(N)CC[C@@H](N3C(=O)c4ccccc4C3=O)C[C@@]12O. The number of amides is 2. The van der Waals surface area contributed by atoms with Crippen LogP contribution in [0, 0.1) is 5.92 Å². The molecule has 3 N–H and O–H groups in total. The fourth-order valence-corrected chi connectivity index (χ4v) is 4.84. The molecule has 0 spiro atoms. The van der Waals surface area contributed by atoms with Crippen LogP contribution in [0.5, 0.6) is 0 Å². The molecule has 1 aromatic rings. The molecule has 25 heavy (non-hydrogen) atoms. The minimum atomic E-state index is -1.39. The number of carbonyl (C=O) groups excluding carboxylic acids is 3. The Morgan fingerprint density at radius 2 is 1.72 bits per heavy atom. The summed E-state index contributed by atoms with van der Waals surface area (Å²) in [5, 5.41) is 11.3. The highest BCUT2D eigenvalue weighted by atomic mass is 16.3. The number of aliphatic hydroxyl groups is 1. The Balaban J connectivity index is 1.67. The molecule has 3 aliphatic rings. The zero-order chi connectivity index (χ0) is 18.0. The van der Waals surface area contributed by atoms with Gasteiger partial charge >= 0.3 is 0 Å². The van der Waals surface area contributed by atoms with Crippen molar-refractivity contribution in [3.63, 3.8) is 0 Å². The first kappa shape index (κ1) is 16.4. The lowest BCUT2D eigenvalue weighted by Crippen LogP contribution is -2.71. The number of fused-ring (bicyclic) bond motifs is 2. The number of rotatable bonds is 1. The maximum Gasteiger partial charge on any atom is 0.261 e. The summed E-state index contributed by atoms with van der Waals surface area (Å²) in [7, 11) is 0. The van der Waals surface area contributed by atoms with Crippen LogP contribution in [-0.4, -0.2) is 44.8 Å². The molecule has 2 amide bonds. The standard InChI is InChI=1S/C19H22N2O4/c1-11-15(22)7-9-18(20)8-6-12(10-19(11,18)25)21-16(23)13-4-2-3-5-14(13)17(21)24/h2-5,11-12,25H,6-10,20H2,1H3/t11-,12+,18-,19+/m0/s1. The molecule has 0 radical (unpaired) electrons. The first-order chi connectivity index (χ1) is 11.8. The highest BCUT2D eigenvalue weighted by molar-refractivity contribution is 6.21. The van der Waals surface area contributed by atoms with Gasteiger partial charge in [-0.05, 0) is 37.8 Å². The molecule has 2 aliphatic carbocycles. The molecule has 2 fully saturated rings. The Bertz CT molecular complexity index is 756. The van der Waals surface area contributed by atoms with Gasteiger partial charge in [-0.15, -0.1) is 0 Å². The van der Waals surface area contributed by atoms with E-state index in [4.69, 9.17) is 5.73 Å². The predicted octanol–water partition coefficient (Wildman–Crippen LogP) is 1.26. The van der Waals surface area contributed by atoms with Gasteiger partial charge in [0.2, 0.25) is 0 Å². The molecule has 2 saturated carbocycles. The molecule has 0 aromatic heterocycles. The monoisotopic (exact) mass is 342 g/mol. The smallest absolute Gasteiger partial charge is 0.261 e. The Morgan fingerprint density at radius 1 is 1.12 bits per heavy atom. The predicted molar refractivity (Wildman–Crippen MR) is 89.9 cm³/mol. The van der Waals surface area contributed by atoms with Crippen molar-refractivity contribution in [1.29, 1.82) is 0 Å². The van der Waals surface area contributed by atoms with Crippen LogP contribution in [0.15, 0.2) is 24.3 Å². The second-order valence-corrected chi connectivity index (χ2v) is 7.69. The number of ketones is 1. The second-order valence-electron chi connectivity index (χ2n) is 7.69. The molecule has 0 unspecified atom stereocenters. The average molecular weight is 342 g/mol. The molecule has 1 aliphatic heterocycles. The van der Waals surface area contributed by atoms with E-state index in [1.165, 1.54) is 4.90 Å². The van der Waals surface area contributed by atoms with Gasteiger partial charge in [0.25, 0.3) is 11.8 Å². The largest absolute Gasteiger partial charge is 0.387 e. The fraction of sp³-hybridized carbons (Fsp3) is 0.526. The number of nitrogens with two attached hydrogens (primary N) is 1. The number of hydrogen-bond acceptors (Lipinski definition) is 5. The van der Waals surface area contributed by atoms with Crippen molar-refractivity contribution >= 4 is 17.6 Å². The number of carbonyl (C=O) groups is 3. The van der Waals surface area contributed by atoms with E-state index in [9.17, 15) is 19.5 Å². The van der Waals surface area contributed by atoms with Crippen molar-refractivity contribution in [1.82, 2.24) is 4.90 Å². The van der Waals surface area contributed by atoms with Gasteiger partial charge in [-0.3, -0.25) is 19.3 Å². The third-order valence-electron chi connectivity index (χ3n) is 6.54. The van der Waals surface area contributed by atoms with Gasteiger partial charge in [0.05, 0.1) is 16.7 Å². The summed E-state index contributed by atoms with van der Waals surface area (Å²) in [5.41, 5.74) is 5.05. The van der Waals surface area contributed by atoms with Crippen LogP contribution in [-0.2, 0) is 4.79 Å². The molecule has 6 heteroatoms. The van der Waals surface area contributed by atoms with E-state index in [2.05, 4.69) is 0 Å². The first-order valence-electron chi connectivity index (χ1n) is 8.79. The topological polar surface area (TPSA) is 101 Å². The van der Waals surface area contributed by atoms with Crippen molar-refractivity contribution in [2.24, 2.45) is 11.7 Å². The van der Waals surface area contributed by atoms with Gasteiger partial charge in [-0.25, -0.2) is 0 Å². The summed E-state index contributed by atoms with van der Waals surface area (Å²) in [4.78, 5) is 38.9. The number of imide groups is 1. The third-order valence-corrected chi connectivity index (χ3v) is 6.54. The van der Waals surface area contributed by atoms with Gasteiger partial charge in [-0.1, -0.05) is 19.1 Å². The molecule has 1 aromatic carbocycles. The Morgan fingerprint density at radius 3 is 2.32 bits per heavy atom. The van der Waals surface area contributed by atoms with E-state index < -0.39 is 23.1 Å². The maximum atomic E-state index is 12.7.